The normalized spacial score (nSPS) is 26.6. The molecule has 6 heteroatoms. The van der Waals surface area contributed by atoms with Crippen LogP contribution in [0.15, 0.2) is 0 Å². The number of morpholine rings is 1. The lowest BCUT2D eigenvalue weighted by molar-refractivity contribution is -0.0440. The maximum Gasteiger partial charge on any atom is 0.215 e. The molecule has 19 heavy (non-hydrogen) atoms. The summed E-state index contributed by atoms with van der Waals surface area (Å²) in [7, 11) is -3.18. The average molecular weight is 292 g/mol. The maximum absolute atomic E-state index is 12.2. The number of hydrogen-bond acceptors (Lipinski definition) is 4. The van der Waals surface area contributed by atoms with E-state index in [-0.39, 0.29) is 23.4 Å². The van der Waals surface area contributed by atoms with Gasteiger partial charge in [-0.1, -0.05) is 20.8 Å². The maximum atomic E-state index is 12.2. The van der Waals surface area contributed by atoms with Crippen LogP contribution in [-0.4, -0.2) is 56.9 Å². The third-order valence-electron chi connectivity index (χ3n) is 2.97. The van der Waals surface area contributed by atoms with Crippen LogP contribution in [0, 0.1) is 5.41 Å². The third-order valence-corrected chi connectivity index (χ3v) is 4.78. The van der Waals surface area contributed by atoms with E-state index in [4.69, 9.17) is 4.74 Å². The van der Waals surface area contributed by atoms with Crippen LogP contribution in [0.1, 0.15) is 34.6 Å². The highest BCUT2D eigenvalue weighted by Gasteiger charge is 2.30. The zero-order chi connectivity index (χ0) is 14.7. The highest BCUT2D eigenvalue weighted by atomic mass is 32.2. The molecular weight excluding hydrogens is 264 g/mol. The van der Waals surface area contributed by atoms with Crippen molar-refractivity contribution in [3.05, 3.63) is 0 Å². The zero-order valence-electron chi connectivity index (χ0n) is 12.8. The Hall–Kier alpha value is -0.170. The van der Waals surface area contributed by atoms with Crippen molar-refractivity contribution in [2.45, 2.75) is 46.8 Å². The Bertz CT molecular complexity index is 366. The molecule has 0 amide bonds. The summed E-state index contributed by atoms with van der Waals surface area (Å²) in [5.41, 5.74) is 0.172. The fraction of sp³-hybridized carbons (Fsp3) is 1.00. The molecule has 0 aromatic carbocycles. The van der Waals surface area contributed by atoms with Crippen molar-refractivity contribution in [2.75, 3.05) is 31.9 Å². The first-order chi connectivity index (χ1) is 8.60. The second-order valence-corrected chi connectivity index (χ2v) is 8.72. The molecule has 0 aliphatic carbocycles. The van der Waals surface area contributed by atoms with E-state index in [9.17, 15) is 8.42 Å². The SMILES string of the molecule is C[C@@H]1CN(S(=O)(=O)CCNCC(C)(C)C)C[C@H](C)O1. The fourth-order valence-electron chi connectivity index (χ4n) is 2.15. The second-order valence-electron chi connectivity index (χ2n) is 6.63. The summed E-state index contributed by atoms with van der Waals surface area (Å²) in [5.74, 6) is 0.155. The Morgan fingerprint density at radius 2 is 1.74 bits per heavy atom. The van der Waals surface area contributed by atoms with Gasteiger partial charge in [-0.15, -0.1) is 0 Å². The number of sulfonamides is 1. The Kier molecular flexibility index (Phi) is 5.79. The van der Waals surface area contributed by atoms with Crippen molar-refractivity contribution in [1.29, 1.82) is 0 Å². The van der Waals surface area contributed by atoms with Crippen LogP contribution < -0.4 is 5.32 Å². The van der Waals surface area contributed by atoms with Crippen molar-refractivity contribution in [3.8, 4) is 0 Å². The minimum absolute atomic E-state index is 0.0268. The van der Waals surface area contributed by atoms with Gasteiger partial charge in [0.1, 0.15) is 0 Å². The molecule has 0 saturated carbocycles. The molecule has 0 radical (unpaired) electrons. The van der Waals surface area contributed by atoms with Crippen molar-refractivity contribution in [2.24, 2.45) is 5.41 Å². The highest BCUT2D eigenvalue weighted by Crippen LogP contribution is 2.15. The number of nitrogens with zero attached hydrogens (tertiary/aromatic N) is 1. The van der Waals surface area contributed by atoms with Crippen LogP contribution in [0.5, 0.6) is 0 Å². The van der Waals surface area contributed by atoms with Crippen molar-refractivity contribution in [1.82, 2.24) is 9.62 Å². The van der Waals surface area contributed by atoms with Gasteiger partial charge in [-0.25, -0.2) is 8.42 Å². The molecule has 5 nitrogen and oxygen atoms in total. The quantitative estimate of drug-likeness (QED) is 0.770. The smallest absolute Gasteiger partial charge is 0.215 e. The van der Waals surface area contributed by atoms with E-state index in [1.165, 1.54) is 0 Å². The molecule has 0 unspecified atom stereocenters. The molecule has 1 heterocycles. The molecule has 0 spiro atoms. The second kappa shape index (κ2) is 6.52. The number of rotatable bonds is 5. The number of ether oxygens (including phenoxy) is 1. The lowest BCUT2D eigenvalue weighted by Crippen LogP contribution is -2.49. The monoisotopic (exact) mass is 292 g/mol. The van der Waals surface area contributed by atoms with Gasteiger partial charge in [-0.05, 0) is 19.3 Å². The average Bonchev–Trinajstić information content (AvgIpc) is 2.22. The molecule has 0 bridgehead atoms. The summed E-state index contributed by atoms with van der Waals surface area (Å²) in [6, 6.07) is 0. The molecule has 114 valence electrons. The first-order valence-corrected chi connectivity index (χ1v) is 8.55. The molecule has 1 rings (SSSR count). The van der Waals surface area contributed by atoms with E-state index in [1.54, 1.807) is 4.31 Å². The largest absolute Gasteiger partial charge is 0.373 e. The van der Waals surface area contributed by atoms with Gasteiger partial charge in [0.05, 0.1) is 18.0 Å². The van der Waals surface area contributed by atoms with E-state index in [0.717, 1.165) is 6.54 Å². The van der Waals surface area contributed by atoms with Crippen molar-refractivity contribution < 1.29 is 13.2 Å². The molecular formula is C13H28N2O3S. The van der Waals surface area contributed by atoms with Crippen LogP contribution in [0.4, 0.5) is 0 Å². The van der Waals surface area contributed by atoms with Gasteiger partial charge in [0.15, 0.2) is 0 Å². The predicted octanol–water partition coefficient (Wildman–Crippen LogP) is 1.06. The van der Waals surface area contributed by atoms with Gasteiger partial charge in [0.25, 0.3) is 0 Å². The van der Waals surface area contributed by atoms with E-state index >= 15 is 0 Å². The Balaban J connectivity index is 2.43. The van der Waals surface area contributed by atoms with Gasteiger partial charge in [0, 0.05) is 26.2 Å². The topological polar surface area (TPSA) is 58.6 Å². The minimum Gasteiger partial charge on any atom is -0.373 e. The summed E-state index contributed by atoms with van der Waals surface area (Å²) in [4.78, 5) is 0. The third kappa shape index (κ3) is 6.21. The molecule has 1 aliphatic heterocycles. The van der Waals surface area contributed by atoms with E-state index in [2.05, 4.69) is 26.1 Å². The molecule has 1 N–H and O–H groups in total. The van der Waals surface area contributed by atoms with Crippen molar-refractivity contribution >= 4 is 10.0 Å². The van der Waals surface area contributed by atoms with Gasteiger partial charge < -0.3 is 10.1 Å². The highest BCUT2D eigenvalue weighted by molar-refractivity contribution is 7.89. The minimum atomic E-state index is -3.18. The molecule has 0 aromatic rings. The Labute approximate surface area is 117 Å². The van der Waals surface area contributed by atoms with Gasteiger partial charge >= 0.3 is 0 Å². The van der Waals surface area contributed by atoms with Gasteiger partial charge in [-0.2, -0.15) is 4.31 Å². The molecule has 2 atom stereocenters. The molecule has 1 aliphatic rings. The Morgan fingerprint density at radius 3 is 2.21 bits per heavy atom. The van der Waals surface area contributed by atoms with Crippen molar-refractivity contribution in [3.63, 3.8) is 0 Å². The first-order valence-electron chi connectivity index (χ1n) is 6.94. The fourth-order valence-corrected chi connectivity index (χ4v) is 3.69. The van der Waals surface area contributed by atoms with Crippen LogP contribution in [0.25, 0.3) is 0 Å². The number of nitrogens with one attached hydrogen (secondary N) is 1. The molecule has 0 aromatic heterocycles. The summed E-state index contributed by atoms with van der Waals surface area (Å²) in [6.45, 7) is 12.4. The van der Waals surface area contributed by atoms with E-state index < -0.39 is 10.0 Å². The zero-order valence-corrected chi connectivity index (χ0v) is 13.6. The van der Waals surface area contributed by atoms with E-state index in [1.807, 2.05) is 13.8 Å². The van der Waals surface area contributed by atoms with Crippen LogP contribution in [0.2, 0.25) is 0 Å². The molecule has 1 fully saturated rings. The Morgan fingerprint density at radius 1 is 1.21 bits per heavy atom. The summed E-state index contributed by atoms with van der Waals surface area (Å²) >= 11 is 0. The summed E-state index contributed by atoms with van der Waals surface area (Å²) in [6.07, 6.45) is -0.0536. The lowest BCUT2D eigenvalue weighted by Gasteiger charge is -2.34. The predicted molar refractivity (Wildman–Crippen MR) is 77.7 cm³/mol. The number of hydrogen-bond donors (Lipinski definition) is 1. The van der Waals surface area contributed by atoms with E-state index in [0.29, 0.717) is 19.6 Å². The van der Waals surface area contributed by atoms with Crippen LogP contribution in [-0.2, 0) is 14.8 Å². The summed E-state index contributed by atoms with van der Waals surface area (Å²) in [5, 5.41) is 3.21. The van der Waals surface area contributed by atoms with Crippen LogP contribution in [0.3, 0.4) is 0 Å². The van der Waals surface area contributed by atoms with Gasteiger partial charge in [0.2, 0.25) is 10.0 Å². The summed E-state index contributed by atoms with van der Waals surface area (Å²) < 4.78 is 31.6. The molecule has 1 saturated heterocycles. The lowest BCUT2D eigenvalue weighted by atomic mass is 9.97. The first kappa shape index (κ1) is 16.9. The standard InChI is InChI=1S/C13H28N2O3S/c1-11-8-15(9-12(2)18-11)19(16,17)7-6-14-10-13(3,4)5/h11-12,14H,6-10H2,1-5H3/t11-,12+. The van der Waals surface area contributed by atoms with Gasteiger partial charge in [-0.3, -0.25) is 0 Å². The van der Waals surface area contributed by atoms with Crippen LogP contribution >= 0.6 is 0 Å².